The zero-order valence-corrected chi connectivity index (χ0v) is 17.7. The molecule has 1 heterocycles. The number of thiazole rings is 1. The van der Waals surface area contributed by atoms with Crippen LogP contribution in [0.5, 0.6) is 0 Å². The first-order valence-electron chi connectivity index (χ1n) is 7.90. The molecule has 4 nitrogen and oxygen atoms in total. The summed E-state index contributed by atoms with van der Waals surface area (Å²) in [5.41, 5.74) is 0.216. The molecule has 0 fully saturated rings. The van der Waals surface area contributed by atoms with Gasteiger partial charge in [-0.05, 0) is 31.0 Å². The number of rotatable bonds is 6. The molecule has 0 saturated carbocycles. The fourth-order valence-electron chi connectivity index (χ4n) is 2.21. The van der Waals surface area contributed by atoms with Crippen LogP contribution in [0.1, 0.15) is 21.0 Å². The van der Waals surface area contributed by atoms with Gasteiger partial charge in [0.15, 0.2) is 5.96 Å². The highest BCUT2D eigenvalue weighted by Crippen LogP contribution is 2.29. The van der Waals surface area contributed by atoms with E-state index >= 15 is 0 Å². The normalized spacial score (nSPS) is 11.8. The quantitative estimate of drug-likeness (QED) is 0.359. The summed E-state index contributed by atoms with van der Waals surface area (Å²) < 4.78 is 37.6. The monoisotopic (exact) mass is 498 g/mol. The minimum Gasteiger partial charge on any atom is -0.356 e. The highest BCUT2D eigenvalue weighted by atomic mass is 127. The first-order valence-corrected chi connectivity index (χ1v) is 8.72. The molecular weight excluding hydrogens is 476 g/mol. The Labute approximate surface area is 172 Å². The van der Waals surface area contributed by atoms with Crippen LogP contribution < -0.4 is 10.6 Å². The number of aliphatic imine (C=N–C) groups is 1. The maximum atomic E-state index is 12.5. The van der Waals surface area contributed by atoms with Gasteiger partial charge in [-0.25, -0.2) is 4.98 Å². The van der Waals surface area contributed by atoms with E-state index in [1.807, 2.05) is 13.1 Å². The van der Waals surface area contributed by atoms with Crippen molar-refractivity contribution in [3.8, 4) is 0 Å². The van der Waals surface area contributed by atoms with Crippen LogP contribution in [0.4, 0.5) is 13.2 Å². The lowest BCUT2D eigenvalue weighted by molar-refractivity contribution is -0.137. The van der Waals surface area contributed by atoms with E-state index in [-0.39, 0.29) is 24.0 Å². The molecule has 0 aliphatic rings. The Bertz CT molecular complexity index is 699. The van der Waals surface area contributed by atoms with Gasteiger partial charge in [0.25, 0.3) is 0 Å². The van der Waals surface area contributed by atoms with Gasteiger partial charge in [0.2, 0.25) is 0 Å². The molecule has 9 heteroatoms. The van der Waals surface area contributed by atoms with Crippen LogP contribution >= 0.6 is 35.3 Å². The van der Waals surface area contributed by atoms with Crippen molar-refractivity contribution in [1.82, 2.24) is 15.6 Å². The summed E-state index contributed by atoms with van der Waals surface area (Å²) in [7, 11) is 1.68. The maximum absolute atomic E-state index is 12.5. The molecule has 0 spiro atoms. The summed E-state index contributed by atoms with van der Waals surface area (Å²) in [6, 6.07) is 5.23. The number of nitrogens with one attached hydrogen (secondary N) is 2. The van der Waals surface area contributed by atoms with Crippen LogP contribution in [0.25, 0.3) is 0 Å². The second-order valence-electron chi connectivity index (χ2n) is 5.49. The Kier molecular flexibility index (Phi) is 9.34. The van der Waals surface area contributed by atoms with Crippen molar-refractivity contribution in [2.24, 2.45) is 4.99 Å². The molecule has 2 N–H and O–H groups in total. The smallest absolute Gasteiger partial charge is 0.356 e. The summed E-state index contributed by atoms with van der Waals surface area (Å²) in [4.78, 5) is 9.62. The van der Waals surface area contributed by atoms with E-state index in [4.69, 9.17) is 0 Å². The second kappa shape index (κ2) is 10.7. The van der Waals surface area contributed by atoms with E-state index in [2.05, 4.69) is 20.6 Å². The van der Waals surface area contributed by atoms with Crippen LogP contribution in [0.15, 0.2) is 35.5 Å². The Morgan fingerprint density at radius 3 is 2.23 bits per heavy atom. The van der Waals surface area contributed by atoms with Gasteiger partial charge >= 0.3 is 6.18 Å². The Balaban J connectivity index is 0.00000338. The molecule has 0 amide bonds. The Hall–Kier alpha value is -1.36. The summed E-state index contributed by atoms with van der Waals surface area (Å²) in [6.45, 7) is 3.32. The van der Waals surface area contributed by atoms with Crippen LogP contribution in [-0.4, -0.2) is 31.1 Å². The van der Waals surface area contributed by atoms with Crippen molar-refractivity contribution in [2.75, 3.05) is 20.1 Å². The number of guanidine groups is 1. The summed E-state index contributed by atoms with van der Waals surface area (Å²) >= 11 is 1.67. The Morgan fingerprint density at radius 1 is 1.12 bits per heavy atom. The molecule has 1 aromatic carbocycles. The van der Waals surface area contributed by atoms with Gasteiger partial charge in [-0.3, -0.25) is 4.99 Å². The average molecular weight is 498 g/mol. The number of aryl methyl sites for hydroxylation is 1. The van der Waals surface area contributed by atoms with Crippen molar-refractivity contribution < 1.29 is 13.2 Å². The minimum atomic E-state index is -4.29. The third-order valence-electron chi connectivity index (χ3n) is 3.51. The highest BCUT2D eigenvalue weighted by Gasteiger charge is 2.29. The Morgan fingerprint density at radius 2 is 1.73 bits per heavy atom. The number of halogens is 4. The van der Waals surface area contributed by atoms with Gasteiger partial charge in [-0.2, -0.15) is 13.2 Å². The van der Waals surface area contributed by atoms with Crippen molar-refractivity contribution in [3.05, 3.63) is 51.5 Å². The fraction of sp³-hybridized carbons (Fsp3) is 0.412. The average Bonchev–Trinajstić information content (AvgIpc) is 2.98. The molecule has 144 valence electrons. The summed E-state index contributed by atoms with van der Waals surface area (Å²) in [5, 5.41) is 7.43. The van der Waals surface area contributed by atoms with Gasteiger partial charge in [-0.15, -0.1) is 35.3 Å². The highest BCUT2D eigenvalue weighted by molar-refractivity contribution is 14.0. The van der Waals surface area contributed by atoms with E-state index in [0.29, 0.717) is 25.5 Å². The number of aromatic nitrogens is 1. The molecule has 0 saturated heterocycles. The molecule has 2 rings (SSSR count). The zero-order chi connectivity index (χ0) is 18.3. The molecule has 0 bridgehead atoms. The number of nitrogens with zero attached hydrogens (tertiary/aromatic N) is 2. The fourth-order valence-corrected chi connectivity index (χ4v) is 3.00. The van der Waals surface area contributed by atoms with Crippen LogP contribution in [0.2, 0.25) is 0 Å². The third-order valence-corrected chi connectivity index (χ3v) is 4.48. The molecule has 1 aromatic heterocycles. The predicted molar refractivity (Wildman–Crippen MR) is 110 cm³/mol. The van der Waals surface area contributed by atoms with Gasteiger partial charge in [0.05, 0.1) is 10.6 Å². The molecule has 0 aliphatic heterocycles. The van der Waals surface area contributed by atoms with E-state index in [1.54, 1.807) is 18.4 Å². The first-order chi connectivity index (χ1) is 11.9. The topological polar surface area (TPSA) is 49.3 Å². The number of hydrogen-bond acceptors (Lipinski definition) is 3. The second-order valence-corrected chi connectivity index (χ2v) is 6.80. The zero-order valence-electron chi connectivity index (χ0n) is 14.6. The standard InChI is InChI=1S/C17H21F3N4S.HI/c1-12-11-24-15(25-12)8-10-23-16(21-2)22-9-7-13-3-5-14(6-4-13)17(18,19)20;/h3-6,11H,7-10H2,1-2H3,(H2,21,22,23);1H. The molecule has 2 aromatic rings. The van der Waals surface area contributed by atoms with Crippen LogP contribution in [-0.2, 0) is 19.0 Å². The first kappa shape index (κ1) is 22.7. The van der Waals surface area contributed by atoms with Crippen LogP contribution in [0, 0.1) is 6.92 Å². The molecule has 0 aliphatic carbocycles. The molecule has 0 radical (unpaired) electrons. The van der Waals surface area contributed by atoms with Crippen LogP contribution in [0.3, 0.4) is 0 Å². The predicted octanol–water partition coefficient (Wildman–Crippen LogP) is 4.04. The van der Waals surface area contributed by atoms with Crippen molar-refractivity contribution in [2.45, 2.75) is 25.9 Å². The van der Waals surface area contributed by atoms with E-state index in [9.17, 15) is 13.2 Å². The molecular formula is C17H22F3IN4S. The SMILES string of the molecule is CN=C(NCCc1ccc(C(F)(F)F)cc1)NCCc1ncc(C)s1.I. The number of benzene rings is 1. The van der Waals surface area contributed by atoms with E-state index < -0.39 is 11.7 Å². The van der Waals surface area contributed by atoms with Crippen molar-refractivity contribution in [1.29, 1.82) is 0 Å². The van der Waals surface area contributed by atoms with E-state index in [0.717, 1.165) is 29.1 Å². The summed E-state index contributed by atoms with van der Waals surface area (Å²) in [5.74, 6) is 0.667. The van der Waals surface area contributed by atoms with Crippen molar-refractivity contribution in [3.63, 3.8) is 0 Å². The van der Waals surface area contributed by atoms with Crippen molar-refractivity contribution >= 4 is 41.3 Å². The lowest BCUT2D eigenvalue weighted by Crippen LogP contribution is -2.39. The van der Waals surface area contributed by atoms with E-state index in [1.165, 1.54) is 17.0 Å². The molecule has 0 atom stereocenters. The van der Waals surface area contributed by atoms with Gasteiger partial charge < -0.3 is 10.6 Å². The molecule has 26 heavy (non-hydrogen) atoms. The number of hydrogen-bond donors (Lipinski definition) is 2. The lowest BCUT2D eigenvalue weighted by atomic mass is 10.1. The summed E-state index contributed by atoms with van der Waals surface area (Å²) in [6.07, 6.45) is -1.00. The third kappa shape index (κ3) is 7.48. The van der Waals surface area contributed by atoms with Gasteiger partial charge in [-0.1, -0.05) is 12.1 Å². The minimum absolute atomic E-state index is 0. The lowest BCUT2D eigenvalue weighted by Gasteiger charge is -2.12. The number of alkyl halides is 3. The molecule has 0 unspecified atom stereocenters. The maximum Gasteiger partial charge on any atom is 0.416 e. The van der Waals surface area contributed by atoms with Gasteiger partial charge in [0.1, 0.15) is 0 Å². The van der Waals surface area contributed by atoms with Gasteiger partial charge in [0, 0.05) is 37.6 Å². The largest absolute Gasteiger partial charge is 0.416 e.